The molecule has 0 heterocycles. The highest BCUT2D eigenvalue weighted by atomic mass is 79.9. The molecular weight excluding hydrogens is 422 g/mol. The Morgan fingerprint density at radius 2 is 1.68 bits per heavy atom. The number of amides is 1. The van der Waals surface area contributed by atoms with Gasteiger partial charge < -0.3 is 19.5 Å². The molecular formula is C22H26BrNO4. The van der Waals surface area contributed by atoms with Gasteiger partial charge in [-0.05, 0) is 61.2 Å². The van der Waals surface area contributed by atoms with Crippen molar-refractivity contribution >= 4 is 27.9 Å². The average molecular weight is 448 g/mol. The van der Waals surface area contributed by atoms with Gasteiger partial charge in [0.1, 0.15) is 0 Å². The highest BCUT2D eigenvalue weighted by molar-refractivity contribution is 9.10. The van der Waals surface area contributed by atoms with Crippen LogP contribution in [-0.4, -0.2) is 33.3 Å². The van der Waals surface area contributed by atoms with Crippen LogP contribution in [0.5, 0.6) is 17.2 Å². The molecule has 5 nitrogen and oxygen atoms in total. The van der Waals surface area contributed by atoms with Crippen LogP contribution in [-0.2, 0) is 11.2 Å². The molecule has 0 saturated heterocycles. The molecule has 2 aromatic carbocycles. The second-order valence-corrected chi connectivity index (χ2v) is 7.28. The maximum absolute atomic E-state index is 12.2. The Morgan fingerprint density at radius 1 is 1.07 bits per heavy atom. The Labute approximate surface area is 174 Å². The number of nitrogens with one attached hydrogen (secondary N) is 1. The third-order valence-electron chi connectivity index (χ3n) is 4.28. The molecule has 0 aliphatic heterocycles. The van der Waals surface area contributed by atoms with E-state index >= 15 is 0 Å². The number of benzene rings is 2. The van der Waals surface area contributed by atoms with Gasteiger partial charge in [0.05, 0.1) is 21.3 Å². The first-order chi connectivity index (χ1) is 13.5. The van der Waals surface area contributed by atoms with Gasteiger partial charge in [-0.25, -0.2) is 0 Å². The lowest BCUT2D eigenvalue weighted by atomic mass is 10.1. The minimum atomic E-state index is -0.142. The van der Waals surface area contributed by atoms with Crippen molar-refractivity contribution in [1.29, 1.82) is 0 Å². The summed E-state index contributed by atoms with van der Waals surface area (Å²) in [6.45, 7) is 2.00. The Morgan fingerprint density at radius 3 is 2.21 bits per heavy atom. The first kappa shape index (κ1) is 21.8. The lowest BCUT2D eigenvalue weighted by molar-refractivity contribution is -0.117. The predicted molar refractivity (Wildman–Crippen MR) is 115 cm³/mol. The number of aryl methyl sites for hydroxylation is 1. The van der Waals surface area contributed by atoms with Crippen molar-refractivity contribution in [3.63, 3.8) is 0 Å². The zero-order chi connectivity index (χ0) is 20.5. The van der Waals surface area contributed by atoms with Gasteiger partial charge in [0, 0.05) is 16.6 Å². The van der Waals surface area contributed by atoms with E-state index in [0.717, 1.165) is 22.9 Å². The van der Waals surface area contributed by atoms with E-state index in [1.807, 2.05) is 19.1 Å². The van der Waals surface area contributed by atoms with Gasteiger partial charge in [0.25, 0.3) is 0 Å². The molecule has 0 spiro atoms. The number of carbonyl (C=O) groups is 1. The maximum atomic E-state index is 12.2. The van der Waals surface area contributed by atoms with E-state index in [1.54, 1.807) is 39.5 Å². The molecule has 0 radical (unpaired) electrons. The molecule has 1 unspecified atom stereocenters. The van der Waals surface area contributed by atoms with Crippen LogP contribution in [0.2, 0.25) is 0 Å². The van der Waals surface area contributed by atoms with Crippen molar-refractivity contribution in [3.8, 4) is 17.2 Å². The molecule has 0 aliphatic rings. The summed E-state index contributed by atoms with van der Waals surface area (Å²) in [5.41, 5.74) is 2.03. The van der Waals surface area contributed by atoms with Crippen molar-refractivity contribution in [1.82, 2.24) is 5.32 Å². The molecule has 1 N–H and O–H groups in total. The highest BCUT2D eigenvalue weighted by Crippen LogP contribution is 2.38. The first-order valence-corrected chi connectivity index (χ1v) is 9.79. The minimum absolute atomic E-state index is 0.0701. The summed E-state index contributed by atoms with van der Waals surface area (Å²) >= 11 is 3.43. The number of ether oxygens (including phenoxy) is 3. The number of hydrogen-bond acceptors (Lipinski definition) is 4. The second kappa shape index (κ2) is 10.8. The van der Waals surface area contributed by atoms with Crippen molar-refractivity contribution in [2.24, 2.45) is 0 Å². The van der Waals surface area contributed by atoms with Crippen LogP contribution >= 0.6 is 15.9 Å². The summed E-state index contributed by atoms with van der Waals surface area (Å²) in [6.07, 6.45) is 5.01. The molecule has 0 aliphatic carbocycles. The molecule has 0 saturated carbocycles. The van der Waals surface area contributed by atoms with Gasteiger partial charge >= 0.3 is 0 Å². The molecule has 1 atom stereocenters. The third kappa shape index (κ3) is 6.30. The highest BCUT2D eigenvalue weighted by Gasteiger charge is 2.12. The molecule has 1 amide bonds. The van der Waals surface area contributed by atoms with E-state index in [0.29, 0.717) is 17.2 Å². The standard InChI is InChI=1S/C22H26BrNO4/c1-15(5-6-16-7-10-18(23)11-8-16)24-21(25)12-9-17-13-19(26-2)22(28-4)20(14-17)27-3/h7-15H,5-6H2,1-4H3,(H,24,25)/b12-9+. The van der Waals surface area contributed by atoms with Crippen molar-refractivity contribution in [2.45, 2.75) is 25.8 Å². The lowest BCUT2D eigenvalue weighted by Gasteiger charge is -2.13. The largest absolute Gasteiger partial charge is 0.493 e. The number of rotatable bonds is 9. The van der Waals surface area contributed by atoms with Crippen molar-refractivity contribution < 1.29 is 19.0 Å². The Bertz CT molecular complexity index is 793. The van der Waals surface area contributed by atoms with Crippen LogP contribution in [0.4, 0.5) is 0 Å². The first-order valence-electron chi connectivity index (χ1n) is 8.99. The lowest BCUT2D eigenvalue weighted by Crippen LogP contribution is -2.31. The van der Waals surface area contributed by atoms with Gasteiger partial charge in [-0.1, -0.05) is 28.1 Å². The van der Waals surface area contributed by atoms with E-state index in [4.69, 9.17) is 14.2 Å². The summed E-state index contributed by atoms with van der Waals surface area (Å²) in [5.74, 6) is 1.47. The van der Waals surface area contributed by atoms with Gasteiger partial charge in [-0.2, -0.15) is 0 Å². The number of halogens is 1. The quantitative estimate of drug-likeness (QED) is 0.569. The van der Waals surface area contributed by atoms with E-state index < -0.39 is 0 Å². The maximum Gasteiger partial charge on any atom is 0.244 e. The molecule has 0 bridgehead atoms. The topological polar surface area (TPSA) is 56.8 Å². The SMILES string of the molecule is COc1cc(/C=C/C(=O)NC(C)CCc2ccc(Br)cc2)cc(OC)c1OC. The van der Waals surface area contributed by atoms with Crippen LogP contribution in [0, 0.1) is 0 Å². The zero-order valence-electron chi connectivity index (χ0n) is 16.6. The second-order valence-electron chi connectivity index (χ2n) is 6.37. The monoisotopic (exact) mass is 447 g/mol. The third-order valence-corrected chi connectivity index (χ3v) is 4.81. The fourth-order valence-electron chi connectivity index (χ4n) is 2.77. The van der Waals surface area contributed by atoms with Gasteiger partial charge in [-0.3, -0.25) is 4.79 Å². The molecule has 0 aromatic heterocycles. The molecule has 2 aromatic rings. The Balaban J connectivity index is 1.94. The van der Waals surface area contributed by atoms with Crippen LogP contribution in [0.15, 0.2) is 46.9 Å². The summed E-state index contributed by atoms with van der Waals surface area (Å²) in [4.78, 5) is 12.2. The summed E-state index contributed by atoms with van der Waals surface area (Å²) < 4.78 is 17.0. The van der Waals surface area contributed by atoms with Crippen LogP contribution < -0.4 is 19.5 Å². The average Bonchev–Trinajstić information content (AvgIpc) is 2.70. The molecule has 2 rings (SSSR count). The number of hydrogen-bond donors (Lipinski definition) is 1. The Kier molecular flexibility index (Phi) is 8.39. The van der Waals surface area contributed by atoms with Crippen LogP contribution in [0.1, 0.15) is 24.5 Å². The fourth-order valence-corrected chi connectivity index (χ4v) is 3.03. The zero-order valence-corrected chi connectivity index (χ0v) is 18.2. The Hall–Kier alpha value is -2.47. The normalized spacial score (nSPS) is 11.9. The smallest absolute Gasteiger partial charge is 0.244 e. The van der Waals surface area contributed by atoms with Crippen molar-refractivity contribution in [2.75, 3.05) is 21.3 Å². The van der Waals surface area contributed by atoms with E-state index in [2.05, 4.69) is 33.4 Å². The molecule has 28 heavy (non-hydrogen) atoms. The number of methoxy groups -OCH3 is 3. The summed E-state index contributed by atoms with van der Waals surface area (Å²) in [6, 6.07) is 11.9. The van der Waals surface area contributed by atoms with E-state index in [1.165, 1.54) is 11.6 Å². The van der Waals surface area contributed by atoms with Gasteiger partial charge in [-0.15, -0.1) is 0 Å². The van der Waals surface area contributed by atoms with Gasteiger partial charge in [0.2, 0.25) is 11.7 Å². The molecule has 6 heteroatoms. The van der Waals surface area contributed by atoms with E-state index in [9.17, 15) is 4.79 Å². The summed E-state index contributed by atoms with van der Waals surface area (Å²) in [7, 11) is 4.67. The van der Waals surface area contributed by atoms with E-state index in [-0.39, 0.29) is 11.9 Å². The minimum Gasteiger partial charge on any atom is -0.493 e. The van der Waals surface area contributed by atoms with Crippen molar-refractivity contribution in [3.05, 3.63) is 58.1 Å². The fraction of sp³-hybridized carbons (Fsp3) is 0.318. The number of carbonyl (C=O) groups excluding carboxylic acids is 1. The molecule has 0 fully saturated rings. The van der Waals surface area contributed by atoms with Crippen LogP contribution in [0.3, 0.4) is 0 Å². The predicted octanol–water partition coefficient (Wildman–Crippen LogP) is 4.63. The van der Waals surface area contributed by atoms with Crippen LogP contribution in [0.25, 0.3) is 6.08 Å². The molecule has 150 valence electrons. The van der Waals surface area contributed by atoms with Gasteiger partial charge in [0.15, 0.2) is 11.5 Å². The summed E-state index contributed by atoms with van der Waals surface area (Å²) in [5, 5.41) is 2.99.